The molecule has 258 valence electrons. The van der Waals surface area contributed by atoms with E-state index in [-0.39, 0.29) is 38.0 Å². The van der Waals surface area contributed by atoms with Gasteiger partial charge in [0.25, 0.3) is 0 Å². The molecule has 1 aliphatic heterocycles. The predicted molar refractivity (Wildman–Crippen MR) is 169 cm³/mol. The number of aryl methyl sites for hydroxylation is 1. The molecule has 1 fully saturated rings. The third-order valence-electron chi connectivity index (χ3n) is 8.48. The summed E-state index contributed by atoms with van der Waals surface area (Å²) in [6.45, 7) is 3.74. The number of carboxylic acid groups (broad SMARTS) is 1. The van der Waals surface area contributed by atoms with Crippen LogP contribution < -0.4 is 11.1 Å². The molecule has 10 nitrogen and oxygen atoms in total. The van der Waals surface area contributed by atoms with Crippen molar-refractivity contribution in [3.05, 3.63) is 71.0 Å². The largest absolute Gasteiger partial charge is 0.480 e. The molecule has 0 aliphatic carbocycles. The van der Waals surface area contributed by atoms with Gasteiger partial charge in [0.15, 0.2) is 11.6 Å². The Kier molecular flexibility index (Phi) is 14.2. The van der Waals surface area contributed by atoms with Gasteiger partial charge in [0.2, 0.25) is 11.8 Å². The van der Waals surface area contributed by atoms with Gasteiger partial charge in [-0.05, 0) is 49.8 Å². The smallest absolute Gasteiger partial charge is 0.326 e. The van der Waals surface area contributed by atoms with Crippen molar-refractivity contribution in [2.24, 2.45) is 5.73 Å². The van der Waals surface area contributed by atoms with Crippen LogP contribution in [0.1, 0.15) is 63.5 Å². The quantitative estimate of drug-likeness (QED) is 0.172. The maximum atomic E-state index is 14.1. The second kappa shape index (κ2) is 17.8. The van der Waals surface area contributed by atoms with Crippen molar-refractivity contribution >= 4 is 23.8 Å². The molecule has 0 aromatic heterocycles. The third-order valence-corrected chi connectivity index (χ3v) is 8.48. The number of amides is 2. The zero-order chi connectivity index (χ0) is 34.7. The summed E-state index contributed by atoms with van der Waals surface area (Å²) >= 11 is 0. The number of rotatable bonds is 17. The first kappa shape index (κ1) is 37.5. The predicted octanol–water partition coefficient (Wildman–Crippen LogP) is 3.59. The van der Waals surface area contributed by atoms with Crippen molar-refractivity contribution in [3.8, 4) is 0 Å². The van der Waals surface area contributed by atoms with Crippen molar-refractivity contribution in [1.29, 1.82) is 0 Å². The molecular weight excluding hydrogens is 617 g/mol. The summed E-state index contributed by atoms with van der Waals surface area (Å²) < 4.78 is 46.3. The summed E-state index contributed by atoms with van der Waals surface area (Å²) in [5, 5.41) is 13.2. The SMILES string of the molecule is CCCC[C@H](NC(CCc1ccccc1)C(=O)OCC)C(=O)N1C[C@@H](N(C)C(=O)C[C@H](N)Cc2cc(F)c(F)cc2F)C[C@H]1C(=O)O. The Morgan fingerprint density at radius 1 is 1.04 bits per heavy atom. The summed E-state index contributed by atoms with van der Waals surface area (Å²) in [7, 11) is 1.47. The molecule has 1 unspecified atom stereocenters. The van der Waals surface area contributed by atoms with Gasteiger partial charge in [-0.2, -0.15) is 0 Å². The van der Waals surface area contributed by atoms with E-state index in [1.165, 1.54) is 16.8 Å². The molecule has 4 N–H and O–H groups in total. The molecular formula is C34H45F3N4O6. The van der Waals surface area contributed by atoms with Gasteiger partial charge < -0.3 is 25.4 Å². The topological polar surface area (TPSA) is 142 Å². The van der Waals surface area contributed by atoms with Gasteiger partial charge >= 0.3 is 11.9 Å². The van der Waals surface area contributed by atoms with Crippen LogP contribution in [0.5, 0.6) is 0 Å². The van der Waals surface area contributed by atoms with E-state index in [0.717, 1.165) is 12.0 Å². The Morgan fingerprint density at radius 3 is 2.36 bits per heavy atom. The lowest BCUT2D eigenvalue weighted by atomic mass is 10.0. The number of carbonyl (C=O) groups is 4. The van der Waals surface area contributed by atoms with E-state index in [1.807, 2.05) is 37.3 Å². The van der Waals surface area contributed by atoms with E-state index >= 15 is 0 Å². The minimum absolute atomic E-state index is 0.0356. The van der Waals surface area contributed by atoms with Gasteiger partial charge in [-0.1, -0.05) is 50.1 Å². The lowest BCUT2D eigenvalue weighted by molar-refractivity contribution is -0.150. The zero-order valence-corrected chi connectivity index (χ0v) is 27.1. The number of hydrogen-bond acceptors (Lipinski definition) is 7. The number of likely N-dealkylation sites (N-methyl/N-ethyl adjacent to an activating group) is 1. The van der Waals surface area contributed by atoms with Crippen LogP contribution in [-0.2, 0) is 36.8 Å². The number of benzene rings is 2. The molecule has 1 aliphatic rings. The van der Waals surface area contributed by atoms with Crippen molar-refractivity contribution in [1.82, 2.24) is 15.1 Å². The van der Waals surface area contributed by atoms with Crippen LogP contribution in [0.2, 0.25) is 0 Å². The average Bonchev–Trinajstić information content (AvgIpc) is 3.49. The lowest BCUT2D eigenvalue weighted by Crippen LogP contribution is -2.55. The van der Waals surface area contributed by atoms with Crippen LogP contribution >= 0.6 is 0 Å². The van der Waals surface area contributed by atoms with E-state index in [0.29, 0.717) is 37.8 Å². The summed E-state index contributed by atoms with van der Waals surface area (Å²) in [5.74, 6) is -6.25. The second-order valence-corrected chi connectivity index (χ2v) is 12.0. The summed E-state index contributed by atoms with van der Waals surface area (Å²) in [6.07, 6.45) is 2.12. The number of ether oxygens (including phenoxy) is 1. The number of nitrogens with zero attached hydrogens (tertiary/aromatic N) is 2. The summed E-state index contributed by atoms with van der Waals surface area (Å²) in [5.41, 5.74) is 6.89. The van der Waals surface area contributed by atoms with E-state index in [4.69, 9.17) is 10.5 Å². The van der Waals surface area contributed by atoms with Crippen molar-refractivity contribution in [2.45, 2.75) is 95.4 Å². The highest BCUT2D eigenvalue weighted by Gasteiger charge is 2.44. The standard InChI is InChI=1S/C34H45F3N4O6/c1-4-6-12-28(39-29(34(46)47-5-2)14-13-21-10-8-7-9-11-21)32(43)41-20-24(18-30(41)33(44)45)40(3)31(42)17-23(38)15-22-16-26(36)27(37)19-25(22)35/h7-11,16,19,23-24,28-30,39H,4-6,12-15,17-18,20,38H2,1-3H3,(H,44,45)/t23-,24+,28+,29?,30+/m1/s1. The molecule has 1 saturated heterocycles. The monoisotopic (exact) mass is 662 g/mol. The number of aliphatic carboxylic acids is 1. The van der Waals surface area contributed by atoms with E-state index in [2.05, 4.69) is 5.32 Å². The maximum absolute atomic E-state index is 14.1. The number of esters is 1. The second-order valence-electron chi connectivity index (χ2n) is 12.0. The van der Waals surface area contributed by atoms with Crippen LogP contribution in [0.15, 0.2) is 42.5 Å². The Labute approximate surface area is 273 Å². The molecule has 0 spiro atoms. The molecule has 1 heterocycles. The van der Waals surface area contributed by atoms with Crippen molar-refractivity contribution < 1.29 is 42.2 Å². The fourth-order valence-corrected chi connectivity index (χ4v) is 5.82. The van der Waals surface area contributed by atoms with Crippen LogP contribution in [0.25, 0.3) is 0 Å². The average molecular weight is 663 g/mol. The van der Waals surface area contributed by atoms with Crippen molar-refractivity contribution in [3.63, 3.8) is 0 Å². The lowest BCUT2D eigenvalue weighted by Gasteiger charge is -2.30. The first-order valence-corrected chi connectivity index (χ1v) is 16.0. The molecule has 0 radical (unpaired) electrons. The molecule has 0 bridgehead atoms. The molecule has 5 atom stereocenters. The zero-order valence-electron chi connectivity index (χ0n) is 27.1. The number of carbonyl (C=O) groups excluding carboxylic acids is 3. The Balaban J connectivity index is 1.73. The maximum Gasteiger partial charge on any atom is 0.326 e. The van der Waals surface area contributed by atoms with E-state index in [9.17, 15) is 37.5 Å². The normalized spacial score (nSPS) is 18.0. The highest BCUT2D eigenvalue weighted by atomic mass is 19.2. The first-order valence-electron chi connectivity index (χ1n) is 16.0. The summed E-state index contributed by atoms with van der Waals surface area (Å²) in [6, 6.07) is 6.19. The highest BCUT2D eigenvalue weighted by molar-refractivity contribution is 5.89. The first-order chi connectivity index (χ1) is 22.4. The van der Waals surface area contributed by atoms with Crippen LogP contribution in [0.4, 0.5) is 13.2 Å². The van der Waals surface area contributed by atoms with Gasteiger partial charge in [0.05, 0.1) is 18.7 Å². The number of hydrogen-bond donors (Lipinski definition) is 3. The fraction of sp³-hybridized carbons (Fsp3) is 0.529. The number of nitrogens with two attached hydrogens (primary N) is 1. The number of halogens is 3. The van der Waals surface area contributed by atoms with Crippen LogP contribution in [0, 0.1) is 17.5 Å². The summed E-state index contributed by atoms with van der Waals surface area (Å²) in [4.78, 5) is 55.0. The highest BCUT2D eigenvalue weighted by Crippen LogP contribution is 2.25. The number of nitrogens with one attached hydrogen (secondary N) is 1. The molecule has 47 heavy (non-hydrogen) atoms. The van der Waals surface area contributed by atoms with Crippen LogP contribution in [0.3, 0.4) is 0 Å². The molecule has 2 amide bonds. The molecule has 13 heteroatoms. The van der Waals surface area contributed by atoms with Crippen molar-refractivity contribution in [2.75, 3.05) is 20.2 Å². The Hall–Kier alpha value is -3.97. The van der Waals surface area contributed by atoms with Gasteiger partial charge in [0.1, 0.15) is 17.9 Å². The van der Waals surface area contributed by atoms with Gasteiger partial charge in [-0.3, -0.25) is 19.7 Å². The molecule has 2 aromatic rings. The number of likely N-dealkylation sites (tertiary alicyclic amines) is 1. The molecule has 2 aromatic carbocycles. The number of unbranched alkanes of at least 4 members (excludes halogenated alkanes) is 1. The number of carboxylic acids is 1. The van der Waals surface area contributed by atoms with Gasteiger partial charge in [-0.25, -0.2) is 18.0 Å². The Bertz CT molecular complexity index is 1380. The third kappa shape index (κ3) is 10.5. The van der Waals surface area contributed by atoms with Gasteiger partial charge in [-0.15, -0.1) is 0 Å². The fourth-order valence-electron chi connectivity index (χ4n) is 5.82. The van der Waals surface area contributed by atoms with Crippen LogP contribution in [-0.4, -0.2) is 89.1 Å². The minimum Gasteiger partial charge on any atom is -0.480 e. The Morgan fingerprint density at radius 2 is 1.72 bits per heavy atom. The molecule has 3 rings (SSSR count). The van der Waals surface area contributed by atoms with Gasteiger partial charge in [0, 0.05) is 38.5 Å². The molecule has 0 saturated carbocycles. The van der Waals surface area contributed by atoms with E-state index in [1.54, 1.807) is 6.92 Å². The van der Waals surface area contributed by atoms with E-state index < -0.39 is 71.4 Å². The minimum atomic E-state index is -1.33.